The van der Waals surface area contributed by atoms with E-state index in [0.29, 0.717) is 11.3 Å². The Hall–Kier alpha value is -2.94. The maximum atomic E-state index is 12.2. The first-order valence-electron chi connectivity index (χ1n) is 7.42. The second-order valence-corrected chi connectivity index (χ2v) is 7.59. The summed E-state index contributed by atoms with van der Waals surface area (Å²) in [7, 11) is -2.31. The minimum atomic E-state index is -3.80. The summed E-state index contributed by atoms with van der Waals surface area (Å²) >= 11 is 0. The van der Waals surface area contributed by atoms with Gasteiger partial charge in [0, 0.05) is 17.9 Å². The number of sulfone groups is 1. The van der Waals surface area contributed by atoms with E-state index in [1.165, 1.54) is 13.2 Å². The summed E-state index contributed by atoms with van der Waals surface area (Å²) in [5.74, 6) is -0.265. The second-order valence-electron chi connectivity index (χ2n) is 5.60. The largest absolute Gasteiger partial charge is 0.496 e. The number of ether oxygens (including phenoxy) is 2. The van der Waals surface area contributed by atoms with Crippen molar-refractivity contribution in [3.8, 4) is 5.75 Å². The predicted molar refractivity (Wildman–Crippen MR) is 93.1 cm³/mol. The molecule has 0 atom stereocenters. The van der Waals surface area contributed by atoms with Gasteiger partial charge in [0.1, 0.15) is 17.3 Å². The Labute approximate surface area is 150 Å². The molecule has 0 bridgehead atoms. The number of nitro groups is 1. The lowest BCUT2D eigenvalue weighted by Crippen LogP contribution is -2.09. The zero-order valence-corrected chi connectivity index (χ0v) is 15.2. The third kappa shape index (κ3) is 4.37. The fourth-order valence-corrected chi connectivity index (χ4v) is 3.18. The van der Waals surface area contributed by atoms with Crippen molar-refractivity contribution in [2.24, 2.45) is 0 Å². The lowest BCUT2D eigenvalue weighted by molar-refractivity contribution is -0.387. The minimum absolute atomic E-state index is 0.0920. The maximum Gasteiger partial charge on any atom is 0.338 e. The monoisotopic (exact) mass is 379 g/mol. The first-order chi connectivity index (χ1) is 12.1. The quantitative estimate of drug-likeness (QED) is 0.431. The van der Waals surface area contributed by atoms with Gasteiger partial charge < -0.3 is 9.47 Å². The normalized spacial score (nSPS) is 11.0. The molecule has 138 valence electrons. The van der Waals surface area contributed by atoms with E-state index in [9.17, 15) is 23.3 Å². The molecule has 26 heavy (non-hydrogen) atoms. The van der Waals surface area contributed by atoms with E-state index in [0.717, 1.165) is 24.0 Å². The molecule has 0 aliphatic rings. The van der Waals surface area contributed by atoms with Gasteiger partial charge in [-0.2, -0.15) is 0 Å². The Kier molecular flexibility index (Phi) is 5.61. The van der Waals surface area contributed by atoms with Crippen LogP contribution in [0.4, 0.5) is 5.69 Å². The molecule has 0 saturated carbocycles. The van der Waals surface area contributed by atoms with Crippen LogP contribution in [-0.2, 0) is 21.2 Å². The van der Waals surface area contributed by atoms with E-state index in [1.807, 2.05) is 13.0 Å². The molecule has 0 aromatic heterocycles. The molecule has 0 spiro atoms. The molecular weight excluding hydrogens is 362 g/mol. The zero-order valence-electron chi connectivity index (χ0n) is 14.4. The fraction of sp³-hybridized carbons (Fsp3) is 0.235. The molecule has 0 fully saturated rings. The number of benzene rings is 2. The maximum absolute atomic E-state index is 12.2. The van der Waals surface area contributed by atoms with Crippen molar-refractivity contribution in [1.29, 1.82) is 0 Å². The Balaban J connectivity index is 2.27. The van der Waals surface area contributed by atoms with E-state index in [2.05, 4.69) is 0 Å². The number of hydrogen-bond donors (Lipinski definition) is 0. The van der Waals surface area contributed by atoms with Crippen molar-refractivity contribution in [2.75, 3.05) is 13.4 Å². The highest BCUT2D eigenvalue weighted by Gasteiger charge is 2.24. The predicted octanol–water partition coefficient (Wildman–Crippen LogP) is 2.67. The van der Waals surface area contributed by atoms with Gasteiger partial charge in [-0.25, -0.2) is 13.2 Å². The molecule has 2 rings (SSSR count). The second kappa shape index (κ2) is 7.52. The Bertz CT molecular complexity index is 967. The highest BCUT2D eigenvalue weighted by molar-refractivity contribution is 7.90. The summed E-state index contributed by atoms with van der Waals surface area (Å²) < 4.78 is 33.6. The van der Waals surface area contributed by atoms with Crippen molar-refractivity contribution in [2.45, 2.75) is 18.4 Å². The Morgan fingerprint density at radius 1 is 1.19 bits per heavy atom. The van der Waals surface area contributed by atoms with Crippen LogP contribution in [0, 0.1) is 17.0 Å². The highest BCUT2D eigenvalue weighted by atomic mass is 32.2. The number of esters is 1. The van der Waals surface area contributed by atoms with Gasteiger partial charge >= 0.3 is 5.97 Å². The van der Waals surface area contributed by atoms with Gasteiger partial charge in [0.05, 0.1) is 17.6 Å². The molecule has 0 N–H and O–H groups in total. The average Bonchev–Trinajstić information content (AvgIpc) is 2.58. The molecule has 9 heteroatoms. The summed E-state index contributed by atoms with van der Waals surface area (Å²) in [6.45, 7) is 1.78. The van der Waals surface area contributed by atoms with E-state index in [1.54, 1.807) is 12.1 Å². The fourth-order valence-electron chi connectivity index (χ4n) is 2.35. The van der Waals surface area contributed by atoms with Crippen LogP contribution in [0.15, 0.2) is 41.3 Å². The van der Waals surface area contributed by atoms with Crippen LogP contribution in [0.3, 0.4) is 0 Å². The van der Waals surface area contributed by atoms with E-state index in [4.69, 9.17) is 9.47 Å². The Morgan fingerprint density at radius 3 is 2.46 bits per heavy atom. The minimum Gasteiger partial charge on any atom is -0.496 e. The van der Waals surface area contributed by atoms with E-state index in [-0.39, 0.29) is 12.2 Å². The number of carbonyl (C=O) groups excluding carboxylic acids is 1. The van der Waals surface area contributed by atoms with Crippen LogP contribution < -0.4 is 4.74 Å². The van der Waals surface area contributed by atoms with Gasteiger partial charge in [0.25, 0.3) is 5.69 Å². The van der Waals surface area contributed by atoms with Crippen molar-refractivity contribution >= 4 is 21.5 Å². The lowest BCUT2D eigenvalue weighted by atomic mass is 10.1. The molecule has 0 radical (unpaired) electrons. The zero-order chi connectivity index (χ0) is 19.5. The molecular formula is C17H17NO7S. The van der Waals surface area contributed by atoms with Gasteiger partial charge in [-0.15, -0.1) is 0 Å². The summed E-state index contributed by atoms with van der Waals surface area (Å²) in [6, 6.07) is 8.48. The topological polar surface area (TPSA) is 113 Å². The van der Waals surface area contributed by atoms with Crippen LogP contribution >= 0.6 is 0 Å². The molecule has 0 aliphatic heterocycles. The molecule has 0 heterocycles. The van der Waals surface area contributed by atoms with Gasteiger partial charge in [0.15, 0.2) is 9.84 Å². The van der Waals surface area contributed by atoms with Crippen LogP contribution in [0.5, 0.6) is 5.75 Å². The number of nitro benzene ring substituents is 1. The van der Waals surface area contributed by atoms with Crippen LogP contribution in [0.1, 0.15) is 21.5 Å². The Morgan fingerprint density at radius 2 is 1.88 bits per heavy atom. The summed E-state index contributed by atoms with van der Waals surface area (Å²) in [4.78, 5) is 22.0. The van der Waals surface area contributed by atoms with Crippen molar-refractivity contribution < 1.29 is 27.6 Å². The molecule has 2 aromatic carbocycles. The smallest absolute Gasteiger partial charge is 0.338 e. The number of aryl methyl sites for hydroxylation is 1. The van der Waals surface area contributed by atoms with Gasteiger partial charge in [-0.1, -0.05) is 11.6 Å². The van der Waals surface area contributed by atoms with Crippen LogP contribution in [-0.4, -0.2) is 32.7 Å². The molecule has 0 unspecified atom stereocenters. The summed E-state index contributed by atoms with van der Waals surface area (Å²) in [6.07, 6.45) is 0.858. The molecule has 0 amide bonds. The van der Waals surface area contributed by atoms with Crippen LogP contribution in [0.25, 0.3) is 0 Å². The summed E-state index contributed by atoms with van der Waals surface area (Å²) in [5, 5.41) is 11.1. The highest BCUT2D eigenvalue weighted by Crippen LogP contribution is 2.26. The molecule has 0 aliphatic carbocycles. The molecule has 8 nitrogen and oxygen atoms in total. The standard InChI is InChI=1S/C17H17NO7S/c1-11-4-6-15(24-2)13(8-11)10-25-17(19)12-5-7-16(26(3,22)23)14(9-12)18(20)21/h4-9H,10H2,1-3H3. The average molecular weight is 379 g/mol. The molecule has 2 aromatic rings. The van der Waals surface area contributed by atoms with Gasteiger partial charge in [-0.05, 0) is 31.2 Å². The van der Waals surface area contributed by atoms with Gasteiger partial charge in [-0.3, -0.25) is 10.1 Å². The molecule has 0 saturated heterocycles. The first-order valence-corrected chi connectivity index (χ1v) is 9.31. The van der Waals surface area contributed by atoms with Crippen molar-refractivity contribution in [3.05, 3.63) is 63.2 Å². The number of methoxy groups -OCH3 is 1. The van der Waals surface area contributed by atoms with E-state index >= 15 is 0 Å². The number of hydrogen-bond acceptors (Lipinski definition) is 7. The van der Waals surface area contributed by atoms with Gasteiger partial charge in [0.2, 0.25) is 0 Å². The van der Waals surface area contributed by atoms with Crippen molar-refractivity contribution in [1.82, 2.24) is 0 Å². The van der Waals surface area contributed by atoms with Crippen LogP contribution in [0.2, 0.25) is 0 Å². The number of nitrogens with zero attached hydrogens (tertiary/aromatic N) is 1. The first kappa shape index (κ1) is 19.4. The number of rotatable bonds is 6. The summed E-state index contributed by atoms with van der Waals surface area (Å²) in [5.41, 5.74) is 0.805. The van der Waals surface area contributed by atoms with E-state index < -0.39 is 31.3 Å². The van der Waals surface area contributed by atoms with Crippen molar-refractivity contribution in [3.63, 3.8) is 0 Å². The third-order valence-corrected chi connectivity index (χ3v) is 4.73. The lowest BCUT2D eigenvalue weighted by Gasteiger charge is -2.10. The third-order valence-electron chi connectivity index (χ3n) is 3.59. The number of carbonyl (C=O) groups is 1. The SMILES string of the molecule is COc1ccc(C)cc1COC(=O)c1ccc(S(C)(=O)=O)c([N+](=O)[O-])c1.